The van der Waals surface area contributed by atoms with E-state index in [1.807, 2.05) is 12.3 Å². The second kappa shape index (κ2) is 5.94. The fourth-order valence-corrected chi connectivity index (χ4v) is 1.59. The fraction of sp³-hybridized carbons (Fsp3) is 0.583. The molecule has 0 aliphatic carbocycles. The molecule has 0 bridgehead atoms. The van der Waals surface area contributed by atoms with Gasteiger partial charge in [-0.3, -0.25) is 9.88 Å². The minimum absolute atomic E-state index is 0.134. The van der Waals surface area contributed by atoms with Crippen LogP contribution in [-0.4, -0.2) is 42.7 Å². The van der Waals surface area contributed by atoms with Crippen LogP contribution < -0.4 is 5.73 Å². The first-order chi connectivity index (χ1) is 7.62. The van der Waals surface area contributed by atoms with Crippen LogP contribution in [-0.2, 0) is 11.3 Å². The molecule has 1 unspecified atom stereocenters. The van der Waals surface area contributed by atoms with Gasteiger partial charge in [-0.15, -0.1) is 0 Å². The Bertz CT molecular complexity index is 304. The summed E-state index contributed by atoms with van der Waals surface area (Å²) < 4.78 is 5.22. The molecule has 2 N–H and O–H groups in total. The van der Waals surface area contributed by atoms with Crippen molar-refractivity contribution in [2.24, 2.45) is 5.73 Å². The lowest BCUT2D eigenvalue weighted by molar-refractivity contribution is 0.0390. The molecule has 4 heteroatoms. The van der Waals surface area contributed by atoms with Crippen LogP contribution in [0.15, 0.2) is 24.5 Å². The van der Waals surface area contributed by atoms with E-state index < -0.39 is 0 Å². The van der Waals surface area contributed by atoms with Crippen molar-refractivity contribution in [3.05, 3.63) is 30.1 Å². The van der Waals surface area contributed by atoms with Crippen LogP contribution in [0.5, 0.6) is 0 Å². The summed E-state index contributed by atoms with van der Waals surface area (Å²) in [6.07, 6.45) is 3.65. The average molecular weight is 223 g/mol. The Kier molecular flexibility index (Phi) is 4.86. The lowest BCUT2D eigenvalue weighted by Gasteiger charge is -2.37. The molecule has 4 nitrogen and oxygen atoms in total. The maximum absolute atomic E-state index is 5.81. The van der Waals surface area contributed by atoms with Crippen molar-refractivity contribution in [3.8, 4) is 0 Å². The van der Waals surface area contributed by atoms with E-state index in [0.717, 1.165) is 6.54 Å². The maximum atomic E-state index is 5.81. The predicted molar refractivity (Wildman–Crippen MR) is 65.0 cm³/mol. The molecular formula is C12H21N3O. The van der Waals surface area contributed by atoms with Gasteiger partial charge >= 0.3 is 0 Å². The molecule has 1 rings (SSSR count). The van der Waals surface area contributed by atoms with Crippen molar-refractivity contribution in [2.45, 2.75) is 19.0 Å². The number of aromatic nitrogens is 1. The number of pyridine rings is 1. The van der Waals surface area contributed by atoms with Gasteiger partial charge in [-0.1, -0.05) is 6.07 Å². The predicted octanol–water partition coefficient (Wildman–Crippen LogP) is 0.877. The standard InChI is InChI=1S/C12H21N3O/c1-12(9-13,10-16-3)15(2)8-11-5-4-6-14-7-11/h4-7H,8-10,13H2,1-3H3. The molecule has 0 amide bonds. The first-order valence-electron chi connectivity index (χ1n) is 5.41. The molecule has 0 saturated heterocycles. The zero-order valence-corrected chi connectivity index (χ0v) is 10.3. The van der Waals surface area contributed by atoms with Crippen molar-refractivity contribution >= 4 is 0 Å². The Morgan fingerprint density at radius 2 is 2.31 bits per heavy atom. The SMILES string of the molecule is COCC(C)(CN)N(C)Cc1cccnc1. The van der Waals surface area contributed by atoms with Crippen molar-refractivity contribution in [2.75, 3.05) is 27.3 Å². The number of hydrogen-bond donors (Lipinski definition) is 1. The number of hydrogen-bond acceptors (Lipinski definition) is 4. The second-order valence-electron chi connectivity index (χ2n) is 4.35. The smallest absolute Gasteiger partial charge is 0.0656 e. The summed E-state index contributed by atoms with van der Waals surface area (Å²) >= 11 is 0. The third-order valence-electron chi connectivity index (χ3n) is 2.96. The fourth-order valence-electron chi connectivity index (χ4n) is 1.59. The molecule has 1 atom stereocenters. The largest absolute Gasteiger partial charge is 0.383 e. The average Bonchev–Trinajstić information content (AvgIpc) is 2.30. The Morgan fingerprint density at radius 3 is 2.81 bits per heavy atom. The van der Waals surface area contributed by atoms with E-state index in [2.05, 4.69) is 29.9 Å². The van der Waals surface area contributed by atoms with E-state index in [9.17, 15) is 0 Å². The van der Waals surface area contributed by atoms with Gasteiger partial charge in [-0.05, 0) is 25.6 Å². The molecule has 0 saturated carbocycles. The summed E-state index contributed by atoms with van der Waals surface area (Å²) in [5, 5.41) is 0. The van der Waals surface area contributed by atoms with Gasteiger partial charge in [0.15, 0.2) is 0 Å². The summed E-state index contributed by atoms with van der Waals surface area (Å²) in [7, 11) is 3.75. The van der Waals surface area contributed by atoms with E-state index in [1.54, 1.807) is 13.3 Å². The lowest BCUT2D eigenvalue weighted by Crippen LogP contribution is -2.52. The van der Waals surface area contributed by atoms with Crippen LogP contribution >= 0.6 is 0 Å². The topological polar surface area (TPSA) is 51.4 Å². The van der Waals surface area contributed by atoms with Gasteiger partial charge in [0.1, 0.15) is 0 Å². The maximum Gasteiger partial charge on any atom is 0.0656 e. The van der Waals surface area contributed by atoms with Crippen molar-refractivity contribution in [1.82, 2.24) is 9.88 Å². The normalized spacial score (nSPS) is 15.1. The number of rotatable bonds is 6. The minimum Gasteiger partial charge on any atom is -0.383 e. The molecule has 0 spiro atoms. The van der Waals surface area contributed by atoms with Gasteiger partial charge in [0.25, 0.3) is 0 Å². The van der Waals surface area contributed by atoms with Gasteiger partial charge in [-0.25, -0.2) is 0 Å². The van der Waals surface area contributed by atoms with Crippen LogP contribution in [0.4, 0.5) is 0 Å². The molecule has 16 heavy (non-hydrogen) atoms. The second-order valence-corrected chi connectivity index (χ2v) is 4.35. The first-order valence-corrected chi connectivity index (χ1v) is 5.41. The highest BCUT2D eigenvalue weighted by Gasteiger charge is 2.27. The van der Waals surface area contributed by atoms with Gasteiger partial charge in [0.05, 0.1) is 12.1 Å². The van der Waals surface area contributed by atoms with E-state index >= 15 is 0 Å². The van der Waals surface area contributed by atoms with Crippen molar-refractivity contribution in [3.63, 3.8) is 0 Å². The molecule has 0 aliphatic heterocycles. The first kappa shape index (κ1) is 13.1. The van der Waals surface area contributed by atoms with Gasteiger partial charge < -0.3 is 10.5 Å². The Labute approximate surface area is 97.4 Å². The van der Waals surface area contributed by atoms with Crippen molar-refractivity contribution in [1.29, 1.82) is 0 Å². The van der Waals surface area contributed by atoms with Crippen LogP contribution in [0.3, 0.4) is 0 Å². The highest BCUT2D eigenvalue weighted by atomic mass is 16.5. The summed E-state index contributed by atoms with van der Waals surface area (Å²) in [6.45, 7) is 4.12. The van der Waals surface area contributed by atoms with Gasteiger partial charge in [0.2, 0.25) is 0 Å². The molecule has 0 fully saturated rings. The zero-order chi connectivity index (χ0) is 12.0. The molecule has 1 heterocycles. The summed E-state index contributed by atoms with van der Waals surface area (Å²) in [5.74, 6) is 0. The van der Waals surface area contributed by atoms with E-state index in [0.29, 0.717) is 13.2 Å². The summed E-state index contributed by atoms with van der Waals surface area (Å²) in [4.78, 5) is 6.30. The van der Waals surface area contributed by atoms with Crippen LogP contribution in [0.2, 0.25) is 0 Å². The molecular weight excluding hydrogens is 202 g/mol. The number of methoxy groups -OCH3 is 1. The Balaban J connectivity index is 2.66. The minimum atomic E-state index is -0.134. The quantitative estimate of drug-likeness (QED) is 0.777. The molecule has 1 aromatic heterocycles. The van der Waals surface area contributed by atoms with E-state index in [-0.39, 0.29) is 5.54 Å². The van der Waals surface area contributed by atoms with Crippen LogP contribution in [0.25, 0.3) is 0 Å². The van der Waals surface area contributed by atoms with E-state index in [1.165, 1.54) is 5.56 Å². The van der Waals surface area contributed by atoms with E-state index in [4.69, 9.17) is 10.5 Å². The molecule has 0 aromatic carbocycles. The zero-order valence-electron chi connectivity index (χ0n) is 10.3. The monoisotopic (exact) mass is 223 g/mol. The number of likely N-dealkylation sites (N-methyl/N-ethyl adjacent to an activating group) is 1. The highest BCUT2D eigenvalue weighted by molar-refractivity contribution is 5.09. The number of nitrogens with two attached hydrogens (primary N) is 1. The number of ether oxygens (including phenoxy) is 1. The molecule has 0 aliphatic rings. The molecule has 90 valence electrons. The van der Waals surface area contributed by atoms with Crippen molar-refractivity contribution < 1.29 is 4.74 Å². The van der Waals surface area contributed by atoms with Crippen LogP contribution in [0, 0.1) is 0 Å². The molecule has 0 radical (unpaired) electrons. The van der Waals surface area contributed by atoms with Crippen LogP contribution in [0.1, 0.15) is 12.5 Å². The highest BCUT2D eigenvalue weighted by Crippen LogP contribution is 2.15. The summed E-state index contributed by atoms with van der Waals surface area (Å²) in [5.41, 5.74) is 6.86. The van der Waals surface area contributed by atoms with Gasteiger partial charge in [0, 0.05) is 32.6 Å². The molecule has 1 aromatic rings. The Morgan fingerprint density at radius 1 is 1.56 bits per heavy atom. The Hall–Kier alpha value is -0.970. The van der Waals surface area contributed by atoms with Gasteiger partial charge in [-0.2, -0.15) is 0 Å². The third-order valence-corrected chi connectivity index (χ3v) is 2.96. The summed E-state index contributed by atoms with van der Waals surface area (Å²) in [6, 6.07) is 4.01. The lowest BCUT2D eigenvalue weighted by atomic mass is 10.0. The third kappa shape index (κ3) is 3.27. The number of nitrogens with zero attached hydrogens (tertiary/aromatic N) is 2.